The Bertz CT molecular complexity index is 1280. The lowest BCUT2D eigenvalue weighted by atomic mass is 9.81. The number of carbonyl (C=O) groups excluding carboxylic acids is 3. The third kappa shape index (κ3) is 2.86. The van der Waals surface area contributed by atoms with Gasteiger partial charge in [-0.1, -0.05) is 18.2 Å². The van der Waals surface area contributed by atoms with Crippen LogP contribution in [0, 0.1) is 0 Å². The normalized spacial score (nSPS) is 20.6. The van der Waals surface area contributed by atoms with Gasteiger partial charge in [0.05, 0.1) is 24.1 Å². The van der Waals surface area contributed by atoms with Crippen molar-refractivity contribution >= 4 is 23.3 Å². The fourth-order valence-electron chi connectivity index (χ4n) is 4.64. The molecule has 0 saturated carbocycles. The van der Waals surface area contributed by atoms with Gasteiger partial charge in [0.2, 0.25) is 5.78 Å². The molecule has 2 unspecified atom stereocenters. The van der Waals surface area contributed by atoms with Crippen LogP contribution in [0.5, 0.6) is 0 Å². The van der Waals surface area contributed by atoms with Crippen LogP contribution >= 0.6 is 0 Å². The number of nitrogens with one attached hydrogen (secondary N) is 1. The fraction of sp³-hybridized carbons (Fsp3) is 0.208. The lowest BCUT2D eigenvalue weighted by molar-refractivity contribution is -0.139. The molecule has 0 aliphatic carbocycles. The predicted octanol–water partition coefficient (Wildman–Crippen LogP) is 2.86. The van der Waals surface area contributed by atoms with Crippen LogP contribution < -0.4 is 5.32 Å². The number of ketones is 1. The molecule has 5 rings (SSSR count). The number of benzene rings is 1. The van der Waals surface area contributed by atoms with Crippen LogP contribution in [0.3, 0.4) is 0 Å². The topological polar surface area (TPSA) is 116 Å². The number of anilines is 1. The van der Waals surface area contributed by atoms with Crippen molar-refractivity contribution in [2.45, 2.75) is 11.6 Å². The Kier molecular flexibility index (Phi) is 4.71. The summed E-state index contributed by atoms with van der Waals surface area (Å²) in [7, 11) is 3.62. The highest BCUT2D eigenvalue weighted by atomic mass is 16.3. The summed E-state index contributed by atoms with van der Waals surface area (Å²) in [4.78, 5) is 43.6. The van der Waals surface area contributed by atoms with Crippen LogP contribution in [0.15, 0.2) is 81.2 Å². The zero-order valence-corrected chi connectivity index (χ0v) is 17.9. The minimum Gasteiger partial charge on any atom is -0.503 e. The van der Waals surface area contributed by atoms with E-state index in [4.69, 9.17) is 8.83 Å². The predicted molar refractivity (Wildman–Crippen MR) is 116 cm³/mol. The molecule has 2 aromatic heterocycles. The van der Waals surface area contributed by atoms with Crippen LogP contribution in [0.25, 0.3) is 0 Å². The van der Waals surface area contributed by atoms with Crippen molar-refractivity contribution in [3.8, 4) is 0 Å². The Morgan fingerprint density at radius 1 is 1.09 bits per heavy atom. The molecule has 168 valence electrons. The Hall–Kier alpha value is -4.11. The van der Waals surface area contributed by atoms with E-state index < -0.39 is 34.9 Å². The Labute approximate surface area is 188 Å². The maximum Gasteiger partial charge on any atom is 0.290 e. The molecule has 2 N–H and O–H groups in total. The van der Waals surface area contributed by atoms with E-state index in [-0.39, 0.29) is 17.9 Å². The third-order valence-corrected chi connectivity index (χ3v) is 6.17. The molecule has 33 heavy (non-hydrogen) atoms. The van der Waals surface area contributed by atoms with Gasteiger partial charge in [-0.2, -0.15) is 0 Å². The number of furan rings is 2. The minimum absolute atomic E-state index is 0.0277. The van der Waals surface area contributed by atoms with E-state index in [0.717, 1.165) is 0 Å². The zero-order valence-electron chi connectivity index (χ0n) is 17.9. The number of amides is 2. The van der Waals surface area contributed by atoms with Gasteiger partial charge < -0.3 is 24.2 Å². The molecule has 0 saturated heterocycles. The van der Waals surface area contributed by atoms with Crippen molar-refractivity contribution < 1.29 is 28.3 Å². The fourth-order valence-corrected chi connectivity index (χ4v) is 4.64. The number of carbonyl (C=O) groups is 3. The van der Waals surface area contributed by atoms with Crippen molar-refractivity contribution in [3.05, 3.63) is 89.5 Å². The average molecular weight is 447 g/mol. The van der Waals surface area contributed by atoms with Gasteiger partial charge in [0.25, 0.3) is 11.8 Å². The van der Waals surface area contributed by atoms with E-state index in [0.29, 0.717) is 17.0 Å². The van der Waals surface area contributed by atoms with Crippen LogP contribution in [-0.2, 0) is 15.1 Å². The van der Waals surface area contributed by atoms with E-state index in [9.17, 15) is 19.5 Å². The number of hydrogen-bond acceptors (Lipinski definition) is 7. The number of hydrogen-bond donors (Lipinski definition) is 2. The molecule has 0 radical (unpaired) electrons. The highest BCUT2D eigenvalue weighted by Gasteiger charge is 2.64. The Morgan fingerprint density at radius 2 is 1.82 bits per heavy atom. The van der Waals surface area contributed by atoms with E-state index >= 15 is 0 Å². The molecule has 1 spiro atoms. The molecule has 2 aliphatic heterocycles. The molecule has 4 heterocycles. The summed E-state index contributed by atoms with van der Waals surface area (Å²) in [5.74, 6) is -2.46. The number of Topliss-reactive ketones (excluding diaryl/α,β-unsaturated/α-hetero) is 1. The summed E-state index contributed by atoms with van der Waals surface area (Å²) < 4.78 is 10.8. The third-order valence-electron chi connectivity index (χ3n) is 6.17. The van der Waals surface area contributed by atoms with E-state index in [1.165, 1.54) is 29.6 Å². The molecule has 9 nitrogen and oxygen atoms in total. The van der Waals surface area contributed by atoms with Gasteiger partial charge in [-0.05, 0) is 44.4 Å². The van der Waals surface area contributed by atoms with Gasteiger partial charge in [-0.15, -0.1) is 0 Å². The lowest BCUT2D eigenvalue weighted by Gasteiger charge is -2.38. The maximum absolute atomic E-state index is 13.6. The van der Waals surface area contributed by atoms with Gasteiger partial charge in [0.15, 0.2) is 17.1 Å². The second-order valence-corrected chi connectivity index (χ2v) is 8.15. The Balaban J connectivity index is 1.71. The van der Waals surface area contributed by atoms with Crippen molar-refractivity contribution in [2.24, 2.45) is 0 Å². The maximum atomic E-state index is 13.6. The average Bonchev–Trinajstić information content (AvgIpc) is 3.58. The molecule has 2 atom stereocenters. The van der Waals surface area contributed by atoms with E-state index in [1.807, 2.05) is 19.0 Å². The summed E-state index contributed by atoms with van der Waals surface area (Å²) >= 11 is 0. The standard InChI is InChI=1S/C24H21N3O6/c1-26(2)16(17-9-5-11-32-17)13-27-22(30)21(29)19(20(28)18-10-6-12-33-18)24(27)14-7-3-4-8-15(14)25-23(24)31/h3-12,16,29H,13H2,1-2H3,(H,25,31). The molecule has 1 aromatic carbocycles. The first kappa shape index (κ1) is 20.8. The molecular formula is C24H21N3O6. The van der Waals surface area contributed by atoms with Crippen molar-refractivity contribution in [1.29, 1.82) is 0 Å². The number of fused-ring (bicyclic) bond motifs is 2. The smallest absolute Gasteiger partial charge is 0.290 e. The summed E-state index contributed by atoms with van der Waals surface area (Å²) in [6.45, 7) is -0.0277. The summed E-state index contributed by atoms with van der Waals surface area (Å²) in [5, 5.41) is 13.7. The summed E-state index contributed by atoms with van der Waals surface area (Å²) in [6.07, 6.45) is 2.83. The number of rotatable bonds is 6. The van der Waals surface area contributed by atoms with Gasteiger partial charge in [-0.25, -0.2) is 0 Å². The van der Waals surface area contributed by atoms with Crippen molar-refractivity contribution in [1.82, 2.24) is 9.80 Å². The molecule has 0 bridgehead atoms. The van der Waals surface area contributed by atoms with Gasteiger partial charge in [-0.3, -0.25) is 19.3 Å². The number of aliphatic hydroxyl groups excluding tert-OH is 1. The second-order valence-electron chi connectivity index (χ2n) is 8.15. The SMILES string of the molecule is CN(C)C(CN1C(=O)C(O)=C(C(=O)c2ccco2)C12C(=O)Nc1ccccc12)c1ccco1. The van der Waals surface area contributed by atoms with Crippen molar-refractivity contribution in [3.63, 3.8) is 0 Å². The molecular weight excluding hydrogens is 426 g/mol. The van der Waals surface area contributed by atoms with E-state index in [2.05, 4.69) is 5.32 Å². The lowest BCUT2D eigenvalue weighted by Crippen LogP contribution is -2.54. The largest absolute Gasteiger partial charge is 0.503 e. The quantitative estimate of drug-likeness (QED) is 0.558. The summed E-state index contributed by atoms with van der Waals surface area (Å²) in [6, 6.07) is 12.8. The van der Waals surface area contributed by atoms with Crippen LogP contribution in [-0.4, -0.2) is 53.1 Å². The van der Waals surface area contributed by atoms with Gasteiger partial charge >= 0.3 is 0 Å². The van der Waals surface area contributed by atoms with E-state index in [1.54, 1.807) is 36.4 Å². The molecule has 3 aromatic rings. The first-order valence-corrected chi connectivity index (χ1v) is 10.3. The first-order chi connectivity index (χ1) is 15.9. The highest BCUT2D eigenvalue weighted by molar-refractivity contribution is 6.25. The monoisotopic (exact) mass is 447 g/mol. The zero-order chi connectivity index (χ0) is 23.3. The van der Waals surface area contributed by atoms with Crippen LogP contribution in [0.2, 0.25) is 0 Å². The summed E-state index contributed by atoms with van der Waals surface area (Å²) in [5.41, 5.74) is -1.33. The first-order valence-electron chi connectivity index (χ1n) is 10.3. The van der Waals surface area contributed by atoms with Crippen molar-refractivity contribution in [2.75, 3.05) is 26.0 Å². The minimum atomic E-state index is -1.86. The molecule has 2 aliphatic rings. The molecule has 0 fully saturated rings. The highest BCUT2D eigenvalue weighted by Crippen LogP contribution is 2.51. The van der Waals surface area contributed by atoms with Gasteiger partial charge in [0.1, 0.15) is 5.76 Å². The number of likely N-dealkylation sites (N-methyl/N-ethyl adjacent to an activating group) is 1. The second kappa shape index (κ2) is 7.49. The van der Waals surface area contributed by atoms with Gasteiger partial charge in [0, 0.05) is 17.8 Å². The number of para-hydroxylation sites is 1. The molecule has 9 heteroatoms. The van der Waals surface area contributed by atoms with Crippen LogP contribution in [0.1, 0.15) is 27.9 Å². The Morgan fingerprint density at radius 3 is 2.48 bits per heavy atom. The number of nitrogens with zero attached hydrogens (tertiary/aromatic N) is 2. The number of aliphatic hydroxyl groups is 1. The molecule has 2 amide bonds. The van der Waals surface area contributed by atoms with Crippen LogP contribution in [0.4, 0.5) is 5.69 Å².